The molecule has 8 nitrogen and oxygen atoms in total. The lowest BCUT2D eigenvalue weighted by molar-refractivity contribution is -0.171. The van der Waals surface area contributed by atoms with Crippen LogP contribution in [0.3, 0.4) is 0 Å². The first-order chi connectivity index (χ1) is 16.0. The van der Waals surface area contributed by atoms with E-state index in [1.807, 2.05) is 20.0 Å². The molecule has 2 aliphatic rings. The zero-order chi connectivity index (χ0) is 23.4. The van der Waals surface area contributed by atoms with Crippen LogP contribution in [-0.2, 0) is 14.3 Å². The summed E-state index contributed by atoms with van der Waals surface area (Å²) in [4.78, 5) is 30.7. The predicted molar refractivity (Wildman–Crippen MR) is 124 cm³/mol. The highest BCUT2D eigenvalue weighted by atomic mass is 16.7. The standard InChI is InChI=1S/C25H32N2O6/c1-3-31-25-17(8-6-14-28)19(20-16-32-21-9-5-4-7-18(21)23(20)29)15-22(33-25)24(30)27-12-10-26(2)11-13-27/h4-5,7,9,15-17,19,25,28H,3,6,8,10-14H2,1-2H3/t17-,19+,25-/m1/s1. The van der Waals surface area contributed by atoms with Crippen molar-refractivity contribution in [2.45, 2.75) is 32.0 Å². The number of carbonyl (C=O) groups excluding carboxylic acids is 1. The average Bonchev–Trinajstić information content (AvgIpc) is 2.83. The van der Waals surface area contributed by atoms with Gasteiger partial charge < -0.3 is 28.8 Å². The van der Waals surface area contributed by atoms with Gasteiger partial charge in [0.05, 0.1) is 11.6 Å². The summed E-state index contributed by atoms with van der Waals surface area (Å²) in [5, 5.41) is 9.95. The van der Waals surface area contributed by atoms with Crippen molar-refractivity contribution in [1.29, 1.82) is 0 Å². The molecular weight excluding hydrogens is 424 g/mol. The molecule has 3 atom stereocenters. The van der Waals surface area contributed by atoms with Gasteiger partial charge in [0.1, 0.15) is 5.58 Å². The van der Waals surface area contributed by atoms with E-state index in [9.17, 15) is 14.7 Å². The third-order valence-corrected chi connectivity index (χ3v) is 6.48. The van der Waals surface area contributed by atoms with Crippen LogP contribution in [0.25, 0.3) is 11.0 Å². The Bertz CT molecular complexity index is 1060. The van der Waals surface area contributed by atoms with Crippen molar-refractivity contribution in [2.75, 3.05) is 46.4 Å². The lowest BCUT2D eigenvalue weighted by Crippen LogP contribution is -2.49. The van der Waals surface area contributed by atoms with Crippen molar-refractivity contribution in [3.63, 3.8) is 0 Å². The average molecular weight is 457 g/mol. The van der Waals surface area contributed by atoms with Crippen molar-refractivity contribution < 1.29 is 23.8 Å². The van der Waals surface area contributed by atoms with Crippen LogP contribution in [0.15, 0.2) is 51.6 Å². The summed E-state index contributed by atoms with van der Waals surface area (Å²) in [6.45, 7) is 5.11. The highest BCUT2D eigenvalue weighted by Crippen LogP contribution is 2.39. The summed E-state index contributed by atoms with van der Waals surface area (Å²) in [5.41, 5.74) is 0.855. The van der Waals surface area contributed by atoms with Crippen LogP contribution in [0.1, 0.15) is 31.2 Å². The summed E-state index contributed by atoms with van der Waals surface area (Å²) in [7, 11) is 2.03. The van der Waals surface area contributed by atoms with E-state index in [1.165, 1.54) is 6.26 Å². The van der Waals surface area contributed by atoms with E-state index < -0.39 is 12.2 Å². The number of rotatable bonds is 7. The fourth-order valence-electron chi connectivity index (χ4n) is 4.60. The number of para-hydroxylation sites is 1. The first-order valence-electron chi connectivity index (χ1n) is 11.6. The number of ether oxygens (including phenoxy) is 2. The maximum absolute atomic E-state index is 13.4. The fraction of sp³-hybridized carbons (Fsp3) is 0.520. The van der Waals surface area contributed by atoms with Crippen LogP contribution in [0.4, 0.5) is 0 Å². The number of aliphatic hydroxyl groups is 1. The molecule has 4 rings (SSSR count). The largest absolute Gasteiger partial charge is 0.464 e. The molecule has 0 bridgehead atoms. The predicted octanol–water partition coefficient (Wildman–Crippen LogP) is 2.32. The van der Waals surface area contributed by atoms with Gasteiger partial charge in [-0.2, -0.15) is 0 Å². The van der Waals surface area contributed by atoms with E-state index in [0.29, 0.717) is 49.1 Å². The van der Waals surface area contributed by atoms with Gasteiger partial charge in [-0.3, -0.25) is 9.59 Å². The molecule has 1 fully saturated rings. The van der Waals surface area contributed by atoms with Gasteiger partial charge >= 0.3 is 0 Å². The lowest BCUT2D eigenvalue weighted by Gasteiger charge is -2.39. The molecule has 0 unspecified atom stereocenters. The van der Waals surface area contributed by atoms with Crippen LogP contribution in [0.5, 0.6) is 0 Å². The van der Waals surface area contributed by atoms with Gasteiger partial charge in [-0.25, -0.2) is 0 Å². The van der Waals surface area contributed by atoms with Crippen molar-refractivity contribution in [2.24, 2.45) is 5.92 Å². The molecule has 8 heteroatoms. The van der Waals surface area contributed by atoms with Crippen molar-refractivity contribution in [3.05, 3.63) is 58.2 Å². The number of fused-ring (bicyclic) bond motifs is 1. The monoisotopic (exact) mass is 456 g/mol. The van der Waals surface area contributed by atoms with E-state index in [-0.39, 0.29) is 29.6 Å². The highest BCUT2D eigenvalue weighted by molar-refractivity contribution is 5.92. The smallest absolute Gasteiger partial charge is 0.288 e. The van der Waals surface area contributed by atoms with Crippen LogP contribution in [0, 0.1) is 5.92 Å². The number of benzene rings is 1. The topological polar surface area (TPSA) is 92.5 Å². The Morgan fingerprint density at radius 3 is 2.70 bits per heavy atom. The third kappa shape index (κ3) is 4.98. The maximum Gasteiger partial charge on any atom is 0.288 e. The van der Waals surface area contributed by atoms with E-state index in [4.69, 9.17) is 13.9 Å². The number of allylic oxidation sites excluding steroid dienone is 1. The number of hydrogen-bond donors (Lipinski definition) is 1. The van der Waals surface area contributed by atoms with Crippen LogP contribution in [0.2, 0.25) is 0 Å². The quantitative estimate of drug-likeness (QED) is 0.684. The normalized spacial score (nSPS) is 23.9. The number of carbonyl (C=O) groups is 1. The van der Waals surface area contributed by atoms with E-state index in [1.54, 1.807) is 29.2 Å². The minimum Gasteiger partial charge on any atom is -0.464 e. The van der Waals surface area contributed by atoms with Crippen LogP contribution in [-0.4, -0.2) is 73.5 Å². The van der Waals surface area contributed by atoms with Gasteiger partial charge in [-0.1, -0.05) is 12.1 Å². The minimum atomic E-state index is -0.700. The highest BCUT2D eigenvalue weighted by Gasteiger charge is 2.40. The van der Waals surface area contributed by atoms with E-state index in [0.717, 1.165) is 13.1 Å². The SMILES string of the molecule is CCO[C@@H]1OC(C(=O)N2CCN(C)CC2)=C[C@H](c2coc3ccccc3c2=O)[C@H]1CCCO. The van der Waals surface area contributed by atoms with Gasteiger partial charge in [-0.15, -0.1) is 0 Å². The van der Waals surface area contributed by atoms with Crippen molar-refractivity contribution in [3.8, 4) is 0 Å². The molecule has 33 heavy (non-hydrogen) atoms. The second-order valence-electron chi connectivity index (χ2n) is 8.64. The molecule has 1 saturated heterocycles. The Labute approximate surface area is 193 Å². The molecule has 1 amide bonds. The first kappa shape index (κ1) is 23.5. The molecule has 0 radical (unpaired) electrons. The van der Waals surface area contributed by atoms with Gasteiger partial charge in [0.25, 0.3) is 5.91 Å². The number of amides is 1. The number of piperazine rings is 1. The molecule has 0 saturated carbocycles. The number of nitrogens with zero attached hydrogens (tertiary/aromatic N) is 2. The van der Waals surface area contributed by atoms with Crippen LogP contribution >= 0.6 is 0 Å². The summed E-state index contributed by atoms with van der Waals surface area (Å²) < 4.78 is 17.8. The molecule has 1 aromatic heterocycles. The molecule has 0 spiro atoms. The minimum absolute atomic E-state index is 0.0190. The Kier molecular flexibility index (Phi) is 7.47. The Hall–Kier alpha value is -2.68. The molecule has 2 aliphatic heterocycles. The second kappa shape index (κ2) is 10.5. The van der Waals surface area contributed by atoms with Crippen molar-refractivity contribution in [1.82, 2.24) is 9.80 Å². The summed E-state index contributed by atoms with van der Waals surface area (Å²) >= 11 is 0. The molecule has 178 valence electrons. The van der Waals surface area contributed by atoms with Crippen molar-refractivity contribution >= 4 is 16.9 Å². The molecular formula is C25H32N2O6. The summed E-state index contributed by atoms with van der Waals surface area (Å²) in [5.74, 6) is -0.668. The molecule has 2 aromatic rings. The number of hydrogen-bond acceptors (Lipinski definition) is 7. The lowest BCUT2D eigenvalue weighted by atomic mass is 9.81. The Morgan fingerprint density at radius 2 is 1.97 bits per heavy atom. The molecule has 1 N–H and O–H groups in total. The van der Waals surface area contributed by atoms with Gasteiger partial charge in [0.15, 0.2) is 11.2 Å². The van der Waals surface area contributed by atoms with Gasteiger partial charge in [0.2, 0.25) is 6.29 Å². The second-order valence-corrected chi connectivity index (χ2v) is 8.64. The molecule has 1 aromatic carbocycles. The fourth-order valence-corrected chi connectivity index (χ4v) is 4.60. The maximum atomic E-state index is 13.4. The van der Waals surface area contributed by atoms with E-state index in [2.05, 4.69) is 4.90 Å². The molecule has 0 aliphatic carbocycles. The third-order valence-electron chi connectivity index (χ3n) is 6.48. The summed E-state index contributed by atoms with van der Waals surface area (Å²) in [6.07, 6.45) is 3.64. The number of aliphatic hydroxyl groups excluding tert-OH is 1. The Morgan fingerprint density at radius 1 is 1.21 bits per heavy atom. The zero-order valence-electron chi connectivity index (χ0n) is 19.2. The van der Waals surface area contributed by atoms with Crippen LogP contribution < -0.4 is 5.43 Å². The number of likely N-dealkylation sites (N-methyl/N-ethyl adjacent to an activating group) is 1. The summed E-state index contributed by atoms with van der Waals surface area (Å²) in [6, 6.07) is 7.13. The first-order valence-corrected chi connectivity index (χ1v) is 11.6. The van der Waals surface area contributed by atoms with Gasteiger partial charge in [-0.05, 0) is 45.0 Å². The van der Waals surface area contributed by atoms with Gasteiger partial charge in [0, 0.05) is 56.8 Å². The van der Waals surface area contributed by atoms with E-state index >= 15 is 0 Å². The molecule has 3 heterocycles. The zero-order valence-corrected chi connectivity index (χ0v) is 19.2. The Balaban J connectivity index is 1.75.